The number of nitrogens with zero attached hydrogens (tertiary/aromatic N) is 2. The number of rotatable bonds is 9. The maximum atomic E-state index is 12.1. The van der Waals surface area contributed by atoms with Gasteiger partial charge in [-0.3, -0.25) is 4.99 Å². The van der Waals surface area contributed by atoms with Gasteiger partial charge in [0.15, 0.2) is 5.96 Å². The minimum atomic E-state index is -0.324. The lowest BCUT2D eigenvalue weighted by Gasteiger charge is -2.17. The molecule has 1 aliphatic rings. The lowest BCUT2D eigenvalue weighted by Crippen LogP contribution is -2.40. The van der Waals surface area contributed by atoms with Crippen LogP contribution < -0.4 is 10.6 Å². The molecule has 0 radical (unpaired) electrons. The zero-order chi connectivity index (χ0) is 21.3. The summed E-state index contributed by atoms with van der Waals surface area (Å²) in [6.07, 6.45) is 4.72. The molecule has 2 N–H and O–H groups in total. The van der Waals surface area contributed by atoms with E-state index < -0.39 is 0 Å². The van der Waals surface area contributed by atoms with Gasteiger partial charge in [-0.15, -0.1) is 35.3 Å². The van der Waals surface area contributed by atoms with Crippen molar-refractivity contribution < 1.29 is 18.7 Å². The van der Waals surface area contributed by atoms with Crippen molar-refractivity contribution >= 4 is 47.2 Å². The van der Waals surface area contributed by atoms with Crippen molar-refractivity contribution in [3.8, 4) is 0 Å². The summed E-state index contributed by atoms with van der Waals surface area (Å²) in [7, 11) is 0. The van der Waals surface area contributed by atoms with Gasteiger partial charge >= 0.3 is 5.97 Å². The van der Waals surface area contributed by atoms with Gasteiger partial charge in [0.05, 0.1) is 37.3 Å². The molecule has 0 amide bonds. The number of halogens is 1. The third-order valence-corrected chi connectivity index (χ3v) is 6.04. The highest BCUT2D eigenvalue weighted by molar-refractivity contribution is 14.0. The summed E-state index contributed by atoms with van der Waals surface area (Å²) < 4.78 is 16.2. The van der Waals surface area contributed by atoms with Crippen LogP contribution in [0, 0.1) is 6.92 Å². The van der Waals surface area contributed by atoms with Crippen molar-refractivity contribution in [3.63, 3.8) is 0 Å². The summed E-state index contributed by atoms with van der Waals surface area (Å²) in [5.41, 5.74) is 0.686. The average Bonchev–Trinajstić information content (AvgIpc) is 3.48. The molecule has 3 rings (SSSR count). The highest BCUT2D eigenvalue weighted by Crippen LogP contribution is 2.24. The molecule has 0 aliphatic carbocycles. The van der Waals surface area contributed by atoms with Crippen LogP contribution in [-0.2, 0) is 15.9 Å². The van der Waals surface area contributed by atoms with E-state index in [0.717, 1.165) is 36.6 Å². The summed E-state index contributed by atoms with van der Waals surface area (Å²) in [6, 6.07) is 3.72. The molecule has 0 saturated carbocycles. The Labute approximate surface area is 204 Å². The van der Waals surface area contributed by atoms with Crippen LogP contribution in [0.1, 0.15) is 58.9 Å². The maximum absolute atomic E-state index is 12.1. The third-order valence-electron chi connectivity index (χ3n) is 4.72. The molecule has 0 aromatic carbocycles. The number of nitrogens with one attached hydrogen (secondary N) is 2. The Morgan fingerprint density at radius 3 is 3.00 bits per heavy atom. The number of carbonyl (C=O) groups excluding carboxylic acids is 1. The minimum Gasteiger partial charge on any atom is -0.469 e. The number of furan rings is 1. The number of hydrogen-bond donors (Lipinski definition) is 2. The van der Waals surface area contributed by atoms with E-state index in [4.69, 9.17) is 18.9 Å². The van der Waals surface area contributed by atoms with Gasteiger partial charge in [-0.25, -0.2) is 9.78 Å². The van der Waals surface area contributed by atoms with E-state index in [1.807, 2.05) is 26.0 Å². The molecular weight excluding hydrogens is 531 g/mol. The molecule has 1 fully saturated rings. The second kappa shape index (κ2) is 13.0. The predicted molar refractivity (Wildman–Crippen MR) is 131 cm³/mol. The minimum absolute atomic E-state index is 0. The number of aliphatic imine (C=N–C) groups is 1. The molecule has 1 aliphatic heterocycles. The molecule has 8 nitrogen and oxygen atoms in total. The zero-order valence-electron chi connectivity index (χ0n) is 18.2. The van der Waals surface area contributed by atoms with Gasteiger partial charge in [-0.1, -0.05) is 0 Å². The first-order valence-corrected chi connectivity index (χ1v) is 11.2. The Balaban J connectivity index is 0.00000341. The van der Waals surface area contributed by atoms with E-state index in [1.165, 1.54) is 11.3 Å². The van der Waals surface area contributed by atoms with Gasteiger partial charge in [-0.2, -0.15) is 0 Å². The second-order valence-electron chi connectivity index (χ2n) is 7.13. The number of carbonyl (C=O) groups is 1. The van der Waals surface area contributed by atoms with Crippen molar-refractivity contribution in [2.45, 2.75) is 52.2 Å². The number of ether oxygens (including phenoxy) is 2. The molecular formula is C21H31IN4O4S. The fourth-order valence-corrected chi connectivity index (χ4v) is 4.11. The first-order valence-electron chi connectivity index (χ1n) is 10.4. The van der Waals surface area contributed by atoms with E-state index in [0.29, 0.717) is 36.2 Å². The van der Waals surface area contributed by atoms with Crippen molar-refractivity contribution in [3.05, 3.63) is 39.7 Å². The van der Waals surface area contributed by atoms with Crippen LogP contribution in [0.25, 0.3) is 0 Å². The first kappa shape index (κ1) is 25.6. The van der Waals surface area contributed by atoms with Crippen LogP contribution in [0.5, 0.6) is 0 Å². The van der Waals surface area contributed by atoms with Crippen molar-refractivity contribution in [1.82, 2.24) is 15.6 Å². The molecule has 10 heteroatoms. The lowest BCUT2D eigenvalue weighted by atomic mass is 10.2. The predicted octanol–water partition coefficient (Wildman–Crippen LogP) is 3.86. The summed E-state index contributed by atoms with van der Waals surface area (Å²) in [4.78, 5) is 21.9. The number of thiazole rings is 1. The number of esters is 1. The summed E-state index contributed by atoms with van der Waals surface area (Å²) in [6.45, 7) is 8.07. The van der Waals surface area contributed by atoms with Crippen LogP contribution >= 0.6 is 35.3 Å². The Hall–Kier alpha value is -1.66. The topological polar surface area (TPSA) is 98.0 Å². The van der Waals surface area contributed by atoms with E-state index in [-0.39, 0.29) is 42.1 Å². The first-order chi connectivity index (χ1) is 14.6. The molecule has 31 heavy (non-hydrogen) atoms. The van der Waals surface area contributed by atoms with Gasteiger partial charge in [-0.05, 0) is 45.7 Å². The third kappa shape index (κ3) is 7.76. The number of hydrogen-bond acceptors (Lipinski definition) is 7. The van der Waals surface area contributed by atoms with Crippen LogP contribution in [-0.4, -0.2) is 49.3 Å². The smallest absolute Gasteiger partial charge is 0.350 e. The maximum Gasteiger partial charge on any atom is 0.350 e. The zero-order valence-corrected chi connectivity index (χ0v) is 21.3. The lowest BCUT2D eigenvalue weighted by molar-refractivity contribution is 0.0531. The van der Waals surface area contributed by atoms with E-state index in [2.05, 4.69) is 15.6 Å². The molecule has 2 atom stereocenters. The number of aromatic nitrogens is 1. The van der Waals surface area contributed by atoms with E-state index in [9.17, 15) is 4.79 Å². The van der Waals surface area contributed by atoms with Crippen LogP contribution in [0.3, 0.4) is 0 Å². The summed E-state index contributed by atoms with van der Waals surface area (Å²) in [5, 5.41) is 7.57. The molecule has 0 bridgehead atoms. The molecule has 3 heterocycles. The largest absolute Gasteiger partial charge is 0.469 e. The fraction of sp³-hybridized carbons (Fsp3) is 0.571. The highest BCUT2D eigenvalue weighted by atomic mass is 127. The van der Waals surface area contributed by atoms with E-state index >= 15 is 0 Å². The Morgan fingerprint density at radius 1 is 1.48 bits per heavy atom. The fourth-order valence-electron chi connectivity index (χ4n) is 3.15. The van der Waals surface area contributed by atoms with Gasteiger partial charge in [0, 0.05) is 19.6 Å². The monoisotopic (exact) mass is 562 g/mol. The average molecular weight is 562 g/mol. The van der Waals surface area contributed by atoms with Crippen LogP contribution in [0.2, 0.25) is 0 Å². The van der Waals surface area contributed by atoms with E-state index in [1.54, 1.807) is 13.2 Å². The summed E-state index contributed by atoms with van der Waals surface area (Å²) in [5.74, 6) is 1.29. The van der Waals surface area contributed by atoms with Gasteiger partial charge in [0.2, 0.25) is 0 Å². The molecule has 2 aromatic rings. The van der Waals surface area contributed by atoms with Crippen LogP contribution in [0.4, 0.5) is 0 Å². The normalized spacial score (nSPS) is 17.1. The van der Waals surface area contributed by atoms with Crippen molar-refractivity contribution in [1.29, 1.82) is 0 Å². The highest BCUT2D eigenvalue weighted by Gasteiger charge is 2.21. The Morgan fingerprint density at radius 2 is 2.32 bits per heavy atom. The molecule has 2 unspecified atom stereocenters. The molecule has 0 spiro atoms. The Kier molecular flexibility index (Phi) is 10.7. The molecule has 1 saturated heterocycles. The quantitative estimate of drug-likeness (QED) is 0.207. The van der Waals surface area contributed by atoms with Gasteiger partial charge in [0.1, 0.15) is 15.6 Å². The standard InChI is InChI=1S/C21H30N4O4S.HI/c1-4-27-20(26)18-14(2)24-19(30-18)15(3)25-21(23-13-17-8-6-12-29-17)22-10-9-16-7-5-11-28-16;/h5,7,11,15,17H,4,6,8-10,12-13H2,1-3H3,(H2,22,23,25);1H. The molecule has 2 aromatic heterocycles. The molecule has 172 valence electrons. The van der Waals surface area contributed by atoms with Crippen molar-refractivity contribution in [2.75, 3.05) is 26.3 Å². The van der Waals surface area contributed by atoms with Crippen molar-refractivity contribution in [2.24, 2.45) is 4.99 Å². The van der Waals surface area contributed by atoms with Gasteiger partial charge in [0.25, 0.3) is 0 Å². The summed E-state index contributed by atoms with van der Waals surface area (Å²) >= 11 is 1.35. The Bertz CT molecular complexity index is 835. The SMILES string of the molecule is CCOC(=O)c1sc(C(C)NC(=NCC2CCCO2)NCCc2ccco2)nc1C.I. The number of aryl methyl sites for hydroxylation is 1. The van der Waals surface area contributed by atoms with Gasteiger partial charge < -0.3 is 24.5 Å². The second-order valence-corrected chi connectivity index (χ2v) is 8.16. The number of guanidine groups is 1. The van der Waals surface area contributed by atoms with Crippen LogP contribution in [0.15, 0.2) is 27.8 Å².